The van der Waals surface area contributed by atoms with Crippen molar-refractivity contribution in [1.82, 2.24) is 20.0 Å². The van der Waals surface area contributed by atoms with Crippen molar-refractivity contribution in [3.63, 3.8) is 0 Å². The van der Waals surface area contributed by atoms with E-state index in [2.05, 4.69) is 10.4 Å². The van der Waals surface area contributed by atoms with E-state index in [1.165, 1.54) is 0 Å². The van der Waals surface area contributed by atoms with E-state index in [-0.39, 0.29) is 17.9 Å². The molecule has 1 atom stereocenters. The Kier molecular flexibility index (Phi) is 3.43. The first-order valence-corrected chi connectivity index (χ1v) is 6.88. The number of nitrogens with one attached hydrogen (secondary N) is 1. The Morgan fingerprint density at radius 2 is 2.40 bits per heavy atom. The number of fused-ring (bicyclic) bond motifs is 1. The molecule has 1 fully saturated rings. The van der Waals surface area contributed by atoms with Crippen LogP contribution < -0.4 is 5.32 Å². The van der Waals surface area contributed by atoms with E-state index < -0.39 is 0 Å². The number of rotatable bonds is 3. The van der Waals surface area contributed by atoms with Gasteiger partial charge in [0.2, 0.25) is 0 Å². The number of nitrogens with zero attached hydrogens (tertiary/aromatic N) is 3. The molecule has 1 aromatic rings. The highest BCUT2D eigenvalue weighted by atomic mass is 16.5. The first-order valence-electron chi connectivity index (χ1n) is 6.88. The van der Waals surface area contributed by atoms with Crippen molar-refractivity contribution >= 4 is 11.8 Å². The molecule has 3 rings (SSSR count). The summed E-state index contributed by atoms with van der Waals surface area (Å²) in [4.78, 5) is 25.6. The minimum Gasteiger partial charge on any atom is -0.376 e. The Hall–Kier alpha value is -1.89. The lowest BCUT2D eigenvalue weighted by atomic mass is 10.2. The molecule has 0 bridgehead atoms. The predicted octanol–water partition coefficient (Wildman–Crippen LogP) is -0.122. The molecule has 1 N–H and O–H groups in total. The van der Waals surface area contributed by atoms with Crippen molar-refractivity contribution in [3.05, 3.63) is 17.5 Å². The Morgan fingerprint density at radius 1 is 1.55 bits per heavy atom. The number of carbonyl (C=O) groups excluding carboxylic acids is 2. The average Bonchev–Trinajstić information content (AvgIpc) is 3.09. The molecule has 7 nitrogen and oxygen atoms in total. The molecule has 0 aromatic carbocycles. The van der Waals surface area contributed by atoms with Crippen LogP contribution in [0.4, 0.5) is 0 Å². The van der Waals surface area contributed by atoms with Crippen LogP contribution in [0, 0.1) is 0 Å². The summed E-state index contributed by atoms with van der Waals surface area (Å²) in [7, 11) is 1.75. The van der Waals surface area contributed by atoms with Crippen LogP contribution in [0.25, 0.3) is 0 Å². The number of hydrogen-bond donors (Lipinski definition) is 1. The molecule has 3 heterocycles. The van der Waals surface area contributed by atoms with Crippen molar-refractivity contribution in [2.24, 2.45) is 0 Å². The van der Waals surface area contributed by atoms with Gasteiger partial charge in [-0.3, -0.25) is 14.3 Å². The monoisotopic (exact) mass is 278 g/mol. The minimum absolute atomic E-state index is 0.0954. The van der Waals surface area contributed by atoms with Gasteiger partial charge in [-0.25, -0.2) is 0 Å². The Labute approximate surface area is 116 Å². The van der Waals surface area contributed by atoms with Crippen molar-refractivity contribution in [1.29, 1.82) is 0 Å². The van der Waals surface area contributed by atoms with Crippen molar-refractivity contribution in [3.8, 4) is 0 Å². The lowest BCUT2D eigenvalue weighted by molar-refractivity contribution is 0.0742. The van der Waals surface area contributed by atoms with E-state index in [0.717, 1.165) is 19.4 Å². The van der Waals surface area contributed by atoms with E-state index in [9.17, 15) is 9.59 Å². The fourth-order valence-electron chi connectivity index (χ4n) is 2.51. The summed E-state index contributed by atoms with van der Waals surface area (Å²) in [6.07, 6.45) is 2.12. The van der Waals surface area contributed by atoms with E-state index in [4.69, 9.17) is 4.74 Å². The quantitative estimate of drug-likeness (QED) is 0.836. The van der Waals surface area contributed by atoms with Gasteiger partial charge in [0.15, 0.2) is 5.69 Å². The van der Waals surface area contributed by atoms with Crippen molar-refractivity contribution < 1.29 is 14.3 Å². The maximum atomic E-state index is 12.0. The number of likely N-dealkylation sites (N-methyl/N-ethyl adjacent to an activating group) is 1. The summed E-state index contributed by atoms with van der Waals surface area (Å²) in [5, 5.41) is 7.01. The van der Waals surface area contributed by atoms with Crippen LogP contribution in [0.15, 0.2) is 6.07 Å². The lowest BCUT2D eigenvalue weighted by Gasteiger charge is -2.22. The second-order valence-electron chi connectivity index (χ2n) is 5.21. The number of ether oxygens (including phenoxy) is 1. The van der Waals surface area contributed by atoms with Gasteiger partial charge in [-0.2, -0.15) is 5.10 Å². The number of amides is 2. The molecule has 108 valence electrons. The largest absolute Gasteiger partial charge is 0.376 e. The highest BCUT2D eigenvalue weighted by molar-refractivity contribution is 5.98. The van der Waals surface area contributed by atoms with Crippen molar-refractivity contribution in [2.45, 2.75) is 25.5 Å². The molecule has 2 amide bonds. The molecule has 0 aliphatic carbocycles. The standard InChI is InChI=1S/C13H18N4O3/c1-16-4-5-17-11(13(16)19)7-10(15-17)12(18)14-8-9-3-2-6-20-9/h7,9H,2-6,8H2,1H3,(H,14,18). The van der Waals surface area contributed by atoms with Gasteiger partial charge in [-0.1, -0.05) is 0 Å². The number of carbonyl (C=O) groups is 2. The van der Waals surface area contributed by atoms with E-state index in [1.54, 1.807) is 22.7 Å². The fraction of sp³-hybridized carbons (Fsp3) is 0.615. The molecule has 1 aromatic heterocycles. The zero-order valence-corrected chi connectivity index (χ0v) is 11.5. The molecule has 0 saturated carbocycles. The normalized spacial score (nSPS) is 21.9. The topological polar surface area (TPSA) is 76.5 Å². The van der Waals surface area contributed by atoms with Gasteiger partial charge in [0.05, 0.1) is 12.6 Å². The van der Waals surface area contributed by atoms with Crippen LogP contribution in [0.1, 0.15) is 33.8 Å². The minimum atomic E-state index is -0.252. The molecular formula is C13H18N4O3. The Balaban J connectivity index is 1.66. The predicted molar refractivity (Wildman–Crippen MR) is 70.5 cm³/mol. The first kappa shape index (κ1) is 13.1. The molecular weight excluding hydrogens is 260 g/mol. The number of aromatic nitrogens is 2. The maximum Gasteiger partial charge on any atom is 0.271 e. The van der Waals surface area contributed by atoms with Gasteiger partial charge in [0, 0.05) is 32.8 Å². The molecule has 0 radical (unpaired) electrons. The maximum absolute atomic E-state index is 12.0. The number of hydrogen-bond acceptors (Lipinski definition) is 4. The Bertz CT molecular complexity index is 534. The second-order valence-corrected chi connectivity index (χ2v) is 5.21. The van der Waals surface area contributed by atoms with Crippen LogP contribution in [0.2, 0.25) is 0 Å². The molecule has 20 heavy (non-hydrogen) atoms. The van der Waals surface area contributed by atoms with Crippen LogP contribution in [0.5, 0.6) is 0 Å². The van der Waals surface area contributed by atoms with Crippen LogP contribution >= 0.6 is 0 Å². The van der Waals surface area contributed by atoms with Crippen LogP contribution in [0.3, 0.4) is 0 Å². The Morgan fingerprint density at radius 3 is 3.15 bits per heavy atom. The summed E-state index contributed by atoms with van der Waals surface area (Å²) in [5.41, 5.74) is 0.766. The van der Waals surface area contributed by atoms with E-state index in [1.807, 2.05) is 0 Å². The highest BCUT2D eigenvalue weighted by Crippen LogP contribution is 2.13. The summed E-state index contributed by atoms with van der Waals surface area (Å²) in [6, 6.07) is 1.56. The zero-order valence-electron chi connectivity index (χ0n) is 11.5. The van der Waals surface area contributed by atoms with E-state index >= 15 is 0 Å². The third-order valence-electron chi connectivity index (χ3n) is 3.74. The smallest absolute Gasteiger partial charge is 0.271 e. The van der Waals surface area contributed by atoms with Crippen LogP contribution in [-0.2, 0) is 11.3 Å². The second kappa shape index (κ2) is 5.24. The SMILES string of the molecule is CN1CCn2nc(C(=O)NCC3CCCO3)cc2C1=O. The molecule has 1 unspecified atom stereocenters. The average molecular weight is 278 g/mol. The first-order chi connectivity index (χ1) is 9.65. The van der Waals surface area contributed by atoms with Gasteiger partial charge in [-0.15, -0.1) is 0 Å². The zero-order chi connectivity index (χ0) is 14.1. The van der Waals surface area contributed by atoms with Gasteiger partial charge in [0.1, 0.15) is 5.69 Å². The summed E-state index contributed by atoms with van der Waals surface area (Å²) >= 11 is 0. The molecule has 0 spiro atoms. The summed E-state index contributed by atoms with van der Waals surface area (Å²) in [6.45, 7) is 2.50. The van der Waals surface area contributed by atoms with Gasteiger partial charge >= 0.3 is 0 Å². The summed E-state index contributed by atoms with van der Waals surface area (Å²) < 4.78 is 7.05. The lowest BCUT2D eigenvalue weighted by Crippen LogP contribution is -2.37. The van der Waals surface area contributed by atoms with Crippen molar-refractivity contribution in [2.75, 3.05) is 26.7 Å². The molecule has 2 aliphatic rings. The highest BCUT2D eigenvalue weighted by Gasteiger charge is 2.26. The fourth-order valence-corrected chi connectivity index (χ4v) is 2.51. The third kappa shape index (κ3) is 2.40. The van der Waals surface area contributed by atoms with E-state index in [0.29, 0.717) is 31.0 Å². The molecule has 2 aliphatic heterocycles. The van der Waals surface area contributed by atoms with Gasteiger partial charge < -0.3 is 15.0 Å². The van der Waals surface area contributed by atoms with Gasteiger partial charge in [-0.05, 0) is 12.8 Å². The summed E-state index contributed by atoms with van der Waals surface area (Å²) in [5.74, 6) is -0.347. The third-order valence-corrected chi connectivity index (χ3v) is 3.74. The molecule has 7 heteroatoms. The van der Waals surface area contributed by atoms with Crippen LogP contribution in [-0.4, -0.2) is 59.3 Å². The van der Waals surface area contributed by atoms with Gasteiger partial charge in [0.25, 0.3) is 11.8 Å². The molecule has 1 saturated heterocycles.